The molecule has 1 saturated carbocycles. The second-order valence-electron chi connectivity index (χ2n) is 11.0. The minimum absolute atomic E-state index is 0. The Balaban J connectivity index is 0.00000441. The molecular weight excluding hydrogens is 521 g/mol. The summed E-state index contributed by atoms with van der Waals surface area (Å²) in [5.41, 5.74) is 1.07. The molecule has 1 aliphatic carbocycles. The zero-order chi connectivity index (χ0) is 28.4. The number of hydrogen-bond donors (Lipinski definition) is 1. The van der Waals surface area contributed by atoms with Gasteiger partial charge in [-0.05, 0) is 68.5 Å². The van der Waals surface area contributed by atoms with Crippen LogP contribution in [0.5, 0.6) is 11.6 Å². The maximum absolute atomic E-state index is 14.5. The van der Waals surface area contributed by atoms with Crippen molar-refractivity contribution in [3.05, 3.63) is 65.6 Å². The summed E-state index contributed by atoms with van der Waals surface area (Å²) in [6.45, 7) is 10.2. The Morgan fingerprint density at radius 2 is 1.95 bits per heavy atom. The Kier molecular flexibility index (Phi) is 8.25. The number of carbonyl (C=O) groups is 1. The standard InChI is InChI=1S/C29H34FN3O5S.H2/c1-18(2)17-37-22-15-20(14-21(30)16-22)24-12-11-23(28(32-24)38-25-9-7-13-29(25,4)5)27(34)33-39(35,36)26-10-6-8-19(3)31-26;/h6,8,10-12,14-16,18,25H,7,9,13,17H2,1-5H3,(H,33,34);1H. The van der Waals surface area contributed by atoms with Gasteiger partial charge in [-0.15, -0.1) is 0 Å². The van der Waals surface area contributed by atoms with Crippen molar-refractivity contribution >= 4 is 15.9 Å². The Bertz CT molecular complexity index is 1480. The van der Waals surface area contributed by atoms with Crippen LogP contribution in [0.25, 0.3) is 11.3 Å². The Morgan fingerprint density at radius 3 is 2.62 bits per heavy atom. The largest absolute Gasteiger partial charge is 0.493 e. The van der Waals surface area contributed by atoms with Crippen molar-refractivity contribution < 1.29 is 28.5 Å². The highest BCUT2D eigenvalue weighted by Gasteiger charge is 2.37. The number of aryl methyl sites for hydroxylation is 1. The van der Waals surface area contributed by atoms with E-state index >= 15 is 0 Å². The van der Waals surface area contributed by atoms with Gasteiger partial charge in [-0.3, -0.25) is 4.79 Å². The van der Waals surface area contributed by atoms with Gasteiger partial charge in [-0.25, -0.2) is 19.1 Å². The zero-order valence-electron chi connectivity index (χ0n) is 22.8. The molecule has 4 rings (SSSR count). The summed E-state index contributed by atoms with van der Waals surface area (Å²) in [5, 5.41) is -0.270. The topological polar surface area (TPSA) is 107 Å². The monoisotopic (exact) mass is 557 g/mol. The Hall–Kier alpha value is -3.53. The quantitative estimate of drug-likeness (QED) is 0.346. The lowest BCUT2D eigenvalue weighted by atomic mass is 9.89. The predicted molar refractivity (Wildman–Crippen MR) is 148 cm³/mol. The first-order valence-electron chi connectivity index (χ1n) is 13.0. The van der Waals surface area contributed by atoms with E-state index in [1.54, 1.807) is 25.1 Å². The lowest BCUT2D eigenvalue weighted by Crippen LogP contribution is -2.33. The zero-order valence-corrected chi connectivity index (χ0v) is 23.6. The predicted octanol–water partition coefficient (Wildman–Crippen LogP) is 5.95. The summed E-state index contributed by atoms with van der Waals surface area (Å²) in [6, 6.07) is 11.8. The van der Waals surface area contributed by atoms with E-state index < -0.39 is 21.7 Å². The molecule has 0 aliphatic heterocycles. The second kappa shape index (κ2) is 11.3. The molecule has 39 heavy (non-hydrogen) atoms. The van der Waals surface area contributed by atoms with Crippen molar-refractivity contribution in [2.75, 3.05) is 6.61 Å². The van der Waals surface area contributed by atoms with E-state index in [1.165, 1.54) is 30.3 Å². The number of benzene rings is 1. The normalized spacial score (nSPS) is 16.7. The molecule has 0 radical (unpaired) electrons. The minimum atomic E-state index is -4.24. The van der Waals surface area contributed by atoms with Crippen LogP contribution in [0.4, 0.5) is 4.39 Å². The van der Waals surface area contributed by atoms with E-state index in [0.29, 0.717) is 29.3 Å². The lowest BCUT2D eigenvalue weighted by Gasteiger charge is -2.28. The van der Waals surface area contributed by atoms with E-state index in [1.807, 2.05) is 13.8 Å². The molecule has 3 aromatic rings. The summed E-state index contributed by atoms with van der Waals surface area (Å²) in [6.07, 6.45) is 2.41. The molecule has 0 bridgehead atoms. The molecule has 1 atom stereocenters. The first-order valence-corrected chi connectivity index (χ1v) is 14.4. The number of hydrogen-bond acceptors (Lipinski definition) is 7. The Labute approximate surface area is 230 Å². The fraction of sp³-hybridized carbons (Fsp3) is 0.414. The number of rotatable bonds is 9. The van der Waals surface area contributed by atoms with Gasteiger partial charge >= 0.3 is 0 Å². The molecule has 8 nitrogen and oxygen atoms in total. The van der Waals surface area contributed by atoms with Crippen LogP contribution in [0.3, 0.4) is 0 Å². The van der Waals surface area contributed by atoms with Crippen molar-refractivity contribution in [3.63, 3.8) is 0 Å². The molecule has 1 aliphatic rings. The number of nitrogens with zero attached hydrogens (tertiary/aromatic N) is 2. The average molecular weight is 558 g/mol. The Morgan fingerprint density at radius 1 is 1.18 bits per heavy atom. The van der Waals surface area contributed by atoms with Crippen LogP contribution in [-0.4, -0.2) is 37.0 Å². The maximum Gasteiger partial charge on any atom is 0.281 e. The van der Waals surface area contributed by atoms with Gasteiger partial charge in [0.1, 0.15) is 23.2 Å². The van der Waals surface area contributed by atoms with Crippen LogP contribution >= 0.6 is 0 Å². The van der Waals surface area contributed by atoms with Gasteiger partial charge < -0.3 is 9.47 Å². The van der Waals surface area contributed by atoms with Gasteiger partial charge in [0.15, 0.2) is 5.03 Å². The van der Waals surface area contributed by atoms with Crippen LogP contribution in [0.2, 0.25) is 0 Å². The van der Waals surface area contributed by atoms with E-state index in [2.05, 4.69) is 28.5 Å². The molecule has 1 fully saturated rings. The van der Waals surface area contributed by atoms with E-state index in [4.69, 9.17) is 9.47 Å². The number of carbonyl (C=O) groups excluding carboxylic acids is 1. The molecule has 0 saturated heterocycles. The third-order valence-electron chi connectivity index (χ3n) is 6.63. The number of sulfonamides is 1. The lowest BCUT2D eigenvalue weighted by molar-refractivity contribution is 0.0898. The van der Waals surface area contributed by atoms with E-state index in [-0.39, 0.29) is 35.3 Å². The highest BCUT2D eigenvalue weighted by molar-refractivity contribution is 7.90. The molecule has 10 heteroatoms. The third kappa shape index (κ3) is 6.92. The van der Waals surface area contributed by atoms with Crippen LogP contribution in [0, 0.1) is 24.1 Å². The van der Waals surface area contributed by atoms with Crippen molar-refractivity contribution in [3.8, 4) is 22.9 Å². The van der Waals surface area contributed by atoms with Crippen molar-refractivity contribution in [2.45, 2.75) is 65.0 Å². The van der Waals surface area contributed by atoms with Gasteiger partial charge in [-0.1, -0.05) is 33.8 Å². The van der Waals surface area contributed by atoms with Crippen LogP contribution in [-0.2, 0) is 10.0 Å². The van der Waals surface area contributed by atoms with Crippen molar-refractivity contribution in [2.24, 2.45) is 11.3 Å². The number of pyridine rings is 2. The van der Waals surface area contributed by atoms with E-state index in [0.717, 1.165) is 19.3 Å². The van der Waals surface area contributed by atoms with Crippen molar-refractivity contribution in [1.29, 1.82) is 0 Å². The molecule has 1 amide bonds. The van der Waals surface area contributed by atoms with E-state index in [9.17, 15) is 17.6 Å². The summed E-state index contributed by atoms with van der Waals surface area (Å²) in [7, 11) is -4.24. The SMILES string of the molecule is Cc1cccc(S(=O)(=O)NC(=O)c2ccc(-c3cc(F)cc(OCC(C)C)c3)nc2OC2CCCC2(C)C)n1.[HH]. The van der Waals surface area contributed by atoms with Gasteiger partial charge in [0, 0.05) is 24.2 Å². The molecule has 1 N–H and O–H groups in total. The average Bonchev–Trinajstić information content (AvgIpc) is 3.19. The molecule has 2 heterocycles. The van der Waals surface area contributed by atoms with Crippen LogP contribution in [0.1, 0.15) is 64.4 Å². The first-order chi connectivity index (χ1) is 18.3. The van der Waals surface area contributed by atoms with Crippen LogP contribution in [0.15, 0.2) is 53.6 Å². The number of halogens is 1. The van der Waals surface area contributed by atoms with Gasteiger partial charge in [-0.2, -0.15) is 8.42 Å². The highest BCUT2D eigenvalue weighted by atomic mass is 32.2. The summed E-state index contributed by atoms with van der Waals surface area (Å²) in [4.78, 5) is 21.8. The molecule has 210 valence electrons. The van der Waals surface area contributed by atoms with Gasteiger partial charge in [0.25, 0.3) is 15.9 Å². The molecule has 1 unspecified atom stereocenters. The molecule has 0 spiro atoms. The molecule has 1 aromatic carbocycles. The third-order valence-corrected chi connectivity index (χ3v) is 7.87. The van der Waals surface area contributed by atoms with Gasteiger partial charge in [0.05, 0.1) is 12.3 Å². The number of nitrogens with one attached hydrogen (secondary N) is 1. The van der Waals surface area contributed by atoms with Crippen molar-refractivity contribution in [1.82, 2.24) is 14.7 Å². The van der Waals surface area contributed by atoms with Gasteiger partial charge in [0.2, 0.25) is 5.88 Å². The number of aromatic nitrogens is 2. The fourth-order valence-electron chi connectivity index (χ4n) is 4.47. The number of ether oxygens (including phenoxy) is 2. The number of amides is 1. The maximum atomic E-state index is 14.5. The smallest absolute Gasteiger partial charge is 0.281 e. The molecule has 2 aromatic heterocycles. The summed E-state index contributed by atoms with van der Waals surface area (Å²) < 4.78 is 54.3. The summed E-state index contributed by atoms with van der Waals surface area (Å²) in [5.74, 6) is -0.798. The highest BCUT2D eigenvalue weighted by Crippen LogP contribution is 2.40. The first kappa shape index (κ1) is 28.5. The van der Waals surface area contributed by atoms with Crippen LogP contribution < -0.4 is 14.2 Å². The fourth-order valence-corrected chi connectivity index (χ4v) is 5.45. The second-order valence-corrected chi connectivity index (χ2v) is 12.6. The molecular formula is C29H36FN3O5S. The minimum Gasteiger partial charge on any atom is -0.493 e. The summed E-state index contributed by atoms with van der Waals surface area (Å²) >= 11 is 0.